The fraction of sp³-hybridized carbons (Fsp3) is 0.581. The third-order valence-corrected chi connectivity index (χ3v) is 10.9. The first-order valence-electron chi connectivity index (χ1n) is 13.9. The van der Waals surface area contributed by atoms with Gasteiger partial charge >= 0.3 is 5.97 Å². The average Bonchev–Trinajstić information content (AvgIpc) is 3.44. The number of aliphatic hydroxyl groups excluding tert-OH is 1. The van der Waals surface area contributed by atoms with E-state index in [0.29, 0.717) is 19.3 Å². The van der Waals surface area contributed by atoms with Crippen LogP contribution in [0.5, 0.6) is 0 Å². The van der Waals surface area contributed by atoms with Gasteiger partial charge in [-0.25, -0.2) is 0 Å². The highest BCUT2D eigenvalue weighted by Crippen LogP contribution is 2.72. The summed E-state index contributed by atoms with van der Waals surface area (Å²) in [5.74, 6) is -2.26. The van der Waals surface area contributed by atoms with Crippen molar-refractivity contribution in [1.29, 1.82) is 0 Å². The average molecular weight is 555 g/mol. The second kappa shape index (κ2) is 11.1. The van der Waals surface area contributed by atoms with Crippen LogP contribution in [0.2, 0.25) is 0 Å². The van der Waals surface area contributed by atoms with E-state index in [-0.39, 0.29) is 43.5 Å². The summed E-state index contributed by atoms with van der Waals surface area (Å²) in [6.45, 7) is 17.7. The molecule has 3 heterocycles. The zero-order valence-corrected chi connectivity index (χ0v) is 24.6. The molecule has 6 atom stereocenters. The molecule has 3 saturated heterocycles. The quantitative estimate of drug-likeness (QED) is 0.247. The number of ether oxygens (including phenoxy) is 1. The number of fused-ring (bicyclic) bond motifs is 1. The molecule has 1 aromatic rings. The monoisotopic (exact) mass is 554 g/mol. The number of hydrogen-bond acceptors (Lipinski definition) is 6. The van der Waals surface area contributed by atoms with E-state index in [0.717, 1.165) is 16.8 Å². The van der Waals surface area contributed by atoms with Gasteiger partial charge in [-0.3, -0.25) is 14.4 Å². The number of hydrogen-bond donors (Lipinski definition) is 1. The Labute approximate surface area is 236 Å². The van der Waals surface area contributed by atoms with Crippen molar-refractivity contribution in [1.82, 2.24) is 4.90 Å². The Morgan fingerprint density at radius 1 is 1.23 bits per heavy atom. The molecule has 4 rings (SSSR count). The molecule has 0 saturated carbocycles. The smallest absolute Gasteiger partial charge is 0.311 e. The summed E-state index contributed by atoms with van der Waals surface area (Å²) in [6, 6.07) is 4.53. The molecule has 1 N–H and O–H groups in total. The van der Waals surface area contributed by atoms with E-state index in [9.17, 15) is 19.5 Å². The van der Waals surface area contributed by atoms with Gasteiger partial charge in [-0.2, -0.15) is 0 Å². The zero-order chi connectivity index (χ0) is 28.7. The van der Waals surface area contributed by atoms with Crippen LogP contribution in [-0.2, 0) is 19.1 Å². The van der Waals surface area contributed by atoms with Crippen LogP contribution in [-0.4, -0.2) is 69.1 Å². The molecule has 2 bridgehead atoms. The van der Waals surface area contributed by atoms with E-state index < -0.39 is 33.4 Å². The predicted octanol–water partition coefficient (Wildman–Crippen LogP) is 4.44. The van der Waals surface area contributed by atoms with Crippen molar-refractivity contribution in [2.45, 2.75) is 75.5 Å². The van der Waals surface area contributed by atoms with Gasteiger partial charge in [-0.05, 0) is 57.1 Å². The summed E-state index contributed by atoms with van der Waals surface area (Å²) in [5, 5.41) is 10.5. The molecule has 1 aromatic carbocycles. The lowest BCUT2D eigenvalue weighted by Crippen LogP contribution is -2.58. The van der Waals surface area contributed by atoms with Crippen molar-refractivity contribution in [3.63, 3.8) is 0 Å². The number of likely N-dealkylation sites (tertiary alicyclic amines) is 1. The maximum Gasteiger partial charge on any atom is 0.311 e. The van der Waals surface area contributed by atoms with Crippen LogP contribution >= 0.6 is 11.8 Å². The molecule has 3 aliphatic heterocycles. The topological polar surface area (TPSA) is 87.1 Å². The van der Waals surface area contributed by atoms with Gasteiger partial charge in [-0.1, -0.05) is 44.2 Å². The Hall–Kier alpha value is -2.58. The van der Waals surface area contributed by atoms with Crippen LogP contribution in [0.1, 0.15) is 51.2 Å². The van der Waals surface area contributed by atoms with E-state index in [2.05, 4.69) is 13.2 Å². The summed E-state index contributed by atoms with van der Waals surface area (Å²) in [4.78, 5) is 46.1. The van der Waals surface area contributed by atoms with Crippen molar-refractivity contribution < 1.29 is 24.2 Å². The van der Waals surface area contributed by atoms with E-state index in [4.69, 9.17) is 4.74 Å². The number of aryl methyl sites for hydroxylation is 2. The van der Waals surface area contributed by atoms with Crippen molar-refractivity contribution >= 4 is 35.2 Å². The second-order valence-corrected chi connectivity index (χ2v) is 13.6. The van der Waals surface area contributed by atoms with Crippen molar-refractivity contribution in [2.24, 2.45) is 17.8 Å². The van der Waals surface area contributed by atoms with Crippen molar-refractivity contribution in [2.75, 3.05) is 24.7 Å². The van der Waals surface area contributed by atoms with Crippen molar-refractivity contribution in [3.05, 3.63) is 54.6 Å². The van der Waals surface area contributed by atoms with Crippen LogP contribution in [0.25, 0.3) is 0 Å². The standard InChI is InChI=1S/C31H42N2O5S/c1-8-10-17-38-29(37)24-23-27(35)33(22(18-34)19(3)4)26(31(23)15-14-30(24,7)39-31)28(36)32(16-9-2)25-20(5)12-11-13-21(25)6/h8-9,11-13,19,22-24,26,34H,1-2,10,14-18H2,3-7H3/t22-,23-,24+,26?,30-,31?/m0/s1. The number of thioether (sulfide) groups is 1. The molecule has 3 aliphatic rings. The maximum absolute atomic E-state index is 14.8. The third-order valence-electron chi connectivity index (χ3n) is 8.87. The molecule has 8 heteroatoms. The minimum absolute atomic E-state index is 0.0895. The lowest BCUT2D eigenvalue weighted by Gasteiger charge is -2.41. The first-order valence-corrected chi connectivity index (χ1v) is 14.7. The fourth-order valence-electron chi connectivity index (χ4n) is 7.11. The zero-order valence-electron chi connectivity index (χ0n) is 23.8. The Morgan fingerprint density at radius 3 is 2.46 bits per heavy atom. The molecular formula is C31H42N2O5S. The van der Waals surface area contributed by atoms with Crippen LogP contribution in [0.15, 0.2) is 43.5 Å². The molecule has 0 aromatic heterocycles. The fourth-order valence-corrected chi connectivity index (χ4v) is 9.44. The number of rotatable bonds is 11. The molecular weight excluding hydrogens is 512 g/mol. The van der Waals surface area contributed by atoms with Gasteiger partial charge in [0.05, 0.1) is 35.8 Å². The van der Waals surface area contributed by atoms with E-state index >= 15 is 0 Å². The molecule has 0 aliphatic carbocycles. The van der Waals surface area contributed by atoms with Gasteiger partial charge in [0.2, 0.25) is 5.91 Å². The molecule has 39 heavy (non-hydrogen) atoms. The van der Waals surface area contributed by atoms with Crippen molar-refractivity contribution in [3.8, 4) is 0 Å². The number of para-hydroxylation sites is 1. The Morgan fingerprint density at radius 2 is 1.90 bits per heavy atom. The Kier molecular flexibility index (Phi) is 8.39. The number of esters is 1. The predicted molar refractivity (Wildman–Crippen MR) is 156 cm³/mol. The number of anilines is 1. The van der Waals surface area contributed by atoms with Crippen LogP contribution in [0, 0.1) is 31.6 Å². The molecule has 3 fully saturated rings. The summed E-state index contributed by atoms with van der Waals surface area (Å²) in [5.41, 5.74) is 2.72. The first-order chi connectivity index (χ1) is 18.5. The minimum Gasteiger partial charge on any atom is -0.465 e. The minimum atomic E-state index is -0.827. The lowest BCUT2D eigenvalue weighted by atomic mass is 9.66. The number of carbonyl (C=O) groups excluding carboxylic acids is 3. The van der Waals surface area contributed by atoms with Gasteiger partial charge < -0.3 is 19.6 Å². The first kappa shape index (κ1) is 29.4. The number of carbonyl (C=O) groups is 3. The number of amides is 2. The van der Waals surface area contributed by atoms with Crippen LogP contribution in [0.4, 0.5) is 5.69 Å². The van der Waals surface area contributed by atoms with Gasteiger partial charge in [0.15, 0.2) is 0 Å². The molecule has 1 spiro atoms. The molecule has 0 radical (unpaired) electrons. The number of nitrogens with zero attached hydrogens (tertiary/aromatic N) is 2. The number of aliphatic hydroxyl groups is 1. The summed E-state index contributed by atoms with van der Waals surface area (Å²) < 4.78 is 4.34. The second-order valence-electron chi connectivity index (χ2n) is 11.7. The van der Waals surface area contributed by atoms with E-state index in [1.165, 1.54) is 0 Å². The van der Waals surface area contributed by atoms with Gasteiger partial charge in [0.1, 0.15) is 6.04 Å². The largest absolute Gasteiger partial charge is 0.465 e. The Balaban J connectivity index is 1.86. The SMILES string of the molecule is C=CCCOC(=O)[C@H]1[C@H]2C(=O)N([C@@H](CO)C(C)C)C(C(=O)N(CC=C)c3c(C)cccc3C)C23CC[C@]1(C)S3. The summed E-state index contributed by atoms with van der Waals surface area (Å²) in [6.07, 6.45) is 5.27. The highest BCUT2D eigenvalue weighted by atomic mass is 32.2. The summed E-state index contributed by atoms with van der Waals surface area (Å²) in [7, 11) is 0. The molecule has 212 valence electrons. The lowest BCUT2D eigenvalue weighted by molar-refractivity contribution is -0.156. The molecule has 2 amide bonds. The van der Waals surface area contributed by atoms with Gasteiger partial charge in [0, 0.05) is 17.0 Å². The van der Waals surface area contributed by atoms with Crippen LogP contribution < -0.4 is 4.90 Å². The highest BCUT2D eigenvalue weighted by molar-refractivity contribution is 8.02. The third kappa shape index (κ3) is 4.63. The highest BCUT2D eigenvalue weighted by Gasteiger charge is 2.78. The van der Waals surface area contributed by atoms with Gasteiger partial charge in [-0.15, -0.1) is 24.9 Å². The van der Waals surface area contributed by atoms with Crippen LogP contribution in [0.3, 0.4) is 0 Å². The summed E-state index contributed by atoms with van der Waals surface area (Å²) >= 11 is 1.61. The van der Waals surface area contributed by atoms with Gasteiger partial charge in [0.25, 0.3) is 5.91 Å². The normalized spacial score (nSPS) is 29.9. The Bertz CT molecular complexity index is 1150. The maximum atomic E-state index is 14.8. The number of benzene rings is 1. The molecule has 7 nitrogen and oxygen atoms in total. The van der Waals surface area contributed by atoms with E-state index in [1.54, 1.807) is 33.7 Å². The van der Waals surface area contributed by atoms with E-state index in [1.807, 2.05) is 52.8 Å². The molecule has 2 unspecified atom stereocenters.